The number of aliphatic hydroxyl groups excluding tert-OH is 1. The van der Waals surface area contributed by atoms with Crippen LogP contribution in [0.2, 0.25) is 0 Å². The van der Waals surface area contributed by atoms with Crippen molar-refractivity contribution in [3.8, 4) is 0 Å². The number of carboxylic acid groups (broad SMARTS) is 1. The highest BCUT2D eigenvalue weighted by atomic mass is 16.4. The van der Waals surface area contributed by atoms with Gasteiger partial charge >= 0.3 is 6.09 Å². The van der Waals surface area contributed by atoms with Crippen molar-refractivity contribution in [3.05, 3.63) is 0 Å². The maximum Gasteiger partial charge on any atom is 0.407 e. The Hall–Kier alpha value is -0.770. The first-order valence-corrected chi connectivity index (χ1v) is 4.36. The molecule has 2 saturated heterocycles. The molecule has 2 aliphatic rings. The quantitative estimate of drug-likeness (QED) is 0.604. The molecule has 0 aromatic carbocycles. The summed E-state index contributed by atoms with van der Waals surface area (Å²) < 4.78 is 0. The molecule has 12 heavy (non-hydrogen) atoms. The number of nitrogens with zero attached hydrogens (tertiary/aromatic N) is 1. The van der Waals surface area contributed by atoms with Crippen molar-refractivity contribution in [2.45, 2.75) is 31.3 Å². The van der Waals surface area contributed by atoms with Gasteiger partial charge in [0, 0.05) is 24.6 Å². The van der Waals surface area contributed by atoms with Crippen molar-refractivity contribution in [1.82, 2.24) is 4.90 Å². The molecule has 3 atom stereocenters. The Morgan fingerprint density at radius 2 is 2.25 bits per heavy atom. The first-order chi connectivity index (χ1) is 5.74. The zero-order valence-corrected chi connectivity index (χ0v) is 6.81. The standard InChI is InChI=1S/C8H13NO3/c10-4-5-3-6-1-2-7(5)9(6)8(11)12/h5-7,10H,1-4H2,(H,11,12). The van der Waals surface area contributed by atoms with Gasteiger partial charge in [0.05, 0.1) is 0 Å². The van der Waals surface area contributed by atoms with Crippen LogP contribution in [0.25, 0.3) is 0 Å². The number of carbonyl (C=O) groups is 1. The zero-order chi connectivity index (χ0) is 8.72. The molecule has 1 amide bonds. The summed E-state index contributed by atoms with van der Waals surface area (Å²) in [5.41, 5.74) is 0. The fraction of sp³-hybridized carbons (Fsp3) is 0.875. The van der Waals surface area contributed by atoms with Gasteiger partial charge in [-0.1, -0.05) is 0 Å². The van der Waals surface area contributed by atoms with Gasteiger partial charge in [0.1, 0.15) is 0 Å². The minimum absolute atomic E-state index is 0.0949. The number of aliphatic hydroxyl groups is 1. The topological polar surface area (TPSA) is 60.8 Å². The van der Waals surface area contributed by atoms with E-state index in [1.165, 1.54) is 4.90 Å². The Labute approximate surface area is 70.8 Å². The average molecular weight is 171 g/mol. The zero-order valence-electron chi connectivity index (χ0n) is 6.81. The van der Waals surface area contributed by atoms with Crippen LogP contribution in [-0.2, 0) is 0 Å². The summed E-state index contributed by atoms with van der Waals surface area (Å²) in [6.45, 7) is 0.130. The van der Waals surface area contributed by atoms with Gasteiger partial charge in [-0.05, 0) is 19.3 Å². The summed E-state index contributed by atoms with van der Waals surface area (Å²) in [5.74, 6) is 0.194. The second-order valence-electron chi connectivity index (χ2n) is 3.67. The van der Waals surface area contributed by atoms with Gasteiger partial charge in [0.15, 0.2) is 0 Å². The number of rotatable bonds is 1. The summed E-state index contributed by atoms with van der Waals surface area (Å²) in [5, 5.41) is 17.8. The fourth-order valence-electron chi connectivity index (χ4n) is 2.61. The van der Waals surface area contributed by atoms with E-state index in [2.05, 4.69) is 0 Å². The van der Waals surface area contributed by atoms with E-state index in [4.69, 9.17) is 10.2 Å². The van der Waals surface area contributed by atoms with Crippen molar-refractivity contribution in [1.29, 1.82) is 0 Å². The lowest BCUT2D eigenvalue weighted by Crippen LogP contribution is -2.35. The number of amides is 1. The van der Waals surface area contributed by atoms with Crippen LogP contribution in [0.15, 0.2) is 0 Å². The van der Waals surface area contributed by atoms with Crippen molar-refractivity contribution in [3.63, 3.8) is 0 Å². The van der Waals surface area contributed by atoms with Gasteiger partial charge in [-0.25, -0.2) is 4.79 Å². The molecule has 0 spiro atoms. The van der Waals surface area contributed by atoms with E-state index in [0.717, 1.165) is 19.3 Å². The third kappa shape index (κ3) is 0.909. The SMILES string of the molecule is O=C(O)N1C2CCC1C(CO)C2. The molecule has 3 unspecified atom stereocenters. The summed E-state index contributed by atoms with van der Waals surface area (Å²) in [6.07, 6.45) is 1.95. The molecule has 4 heteroatoms. The van der Waals surface area contributed by atoms with Crippen LogP contribution in [0.4, 0.5) is 4.79 Å². The maximum absolute atomic E-state index is 10.8. The lowest BCUT2D eigenvalue weighted by molar-refractivity contribution is 0.129. The normalized spacial score (nSPS) is 39.1. The van der Waals surface area contributed by atoms with E-state index in [1.807, 2.05) is 0 Å². The highest BCUT2D eigenvalue weighted by molar-refractivity contribution is 5.67. The lowest BCUT2D eigenvalue weighted by atomic mass is 9.90. The van der Waals surface area contributed by atoms with Crippen molar-refractivity contribution >= 4 is 6.09 Å². The van der Waals surface area contributed by atoms with Crippen LogP contribution in [0.1, 0.15) is 19.3 Å². The summed E-state index contributed by atoms with van der Waals surface area (Å²) in [4.78, 5) is 12.3. The molecule has 2 heterocycles. The Morgan fingerprint density at radius 1 is 1.50 bits per heavy atom. The monoisotopic (exact) mass is 171 g/mol. The maximum atomic E-state index is 10.8. The predicted molar refractivity (Wildman–Crippen MR) is 41.9 cm³/mol. The van der Waals surface area contributed by atoms with Gasteiger partial charge in [-0.3, -0.25) is 0 Å². The van der Waals surface area contributed by atoms with E-state index >= 15 is 0 Å². The van der Waals surface area contributed by atoms with Crippen molar-refractivity contribution in [2.24, 2.45) is 5.92 Å². The van der Waals surface area contributed by atoms with Gasteiger partial charge < -0.3 is 15.1 Å². The van der Waals surface area contributed by atoms with Gasteiger partial charge in [-0.2, -0.15) is 0 Å². The van der Waals surface area contributed by atoms with Crippen LogP contribution < -0.4 is 0 Å². The van der Waals surface area contributed by atoms with Crippen LogP contribution in [0.5, 0.6) is 0 Å². The minimum atomic E-state index is -0.821. The second-order valence-corrected chi connectivity index (χ2v) is 3.67. The lowest BCUT2D eigenvalue weighted by Gasteiger charge is -2.19. The van der Waals surface area contributed by atoms with Gasteiger partial charge in [-0.15, -0.1) is 0 Å². The molecule has 2 fully saturated rings. The van der Waals surface area contributed by atoms with Gasteiger partial charge in [0.25, 0.3) is 0 Å². The highest BCUT2D eigenvalue weighted by Gasteiger charge is 2.48. The molecule has 0 aromatic rings. The largest absolute Gasteiger partial charge is 0.465 e. The summed E-state index contributed by atoms with van der Waals surface area (Å²) in [7, 11) is 0. The molecular weight excluding hydrogens is 158 g/mol. The Kier molecular flexibility index (Phi) is 1.72. The molecule has 0 radical (unpaired) electrons. The van der Waals surface area contributed by atoms with E-state index in [-0.39, 0.29) is 24.6 Å². The Balaban J connectivity index is 2.14. The molecule has 0 aliphatic carbocycles. The molecule has 2 N–H and O–H groups in total. The number of hydrogen-bond acceptors (Lipinski definition) is 2. The molecular formula is C8H13NO3. The van der Waals surface area contributed by atoms with E-state index in [1.54, 1.807) is 0 Å². The third-order valence-corrected chi connectivity index (χ3v) is 3.12. The predicted octanol–water partition coefficient (Wildman–Crippen LogP) is 0.510. The summed E-state index contributed by atoms with van der Waals surface area (Å²) in [6, 6.07) is 0.280. The van der Waals surface area contributed by atoms with Crippen LogP contribution in [0.3, 0.4) is 0 Å². The first kappa shape index (κ1) is 7.86. The second kappa shape index (κ2) is 2.62. The van der Waals surface area contributed by atoms with E-state index in [9.17, 15) is 4.79 Å². The first-order valence-electron chi connectivity index (χ1n) is 4.36. The number of hydrogen-bond donors (Lipinski definition) is 2. The smallest absolute Gasteiger partial charge is 0.407 e. The number of fused-ring (bicyclic) bond motifs is 2. The van der Waals surface area contributed by atoms with E-state index in [0.29, 0.717) is 0 Å². The van der Waals surface area contributed by atoms with Crippen LogP contribution in [-0.4, -0.2) is 39.9 Å². The Morgan fingerprint density at radius 3 is 2.67 bits per heavy atom. The van der Waals surface area contributed by atoms with Crippen LogP contribution in [0, 0.1) is 5.92 Å². The van der Waals surface area contributed by atoms with Crippen molar-refractivity contribution in [2.75, 3.05) is 6.61 Å². The highest BCUT2D eigenvalue weighted by Crippen LogP contribution is 2.41. The molecule has 2 aliphatic heterocycles. The summed E-state index contributed by atoms with van der Waals surface area (Å²) >= 11 is 0. The van der Waals surface area contributed by atoms with Crippen LogP contribution >= 0.6 is 0 Å². The molecule has 68 valence electrons. The molecule has 0 aromatic heterocycles. The van der Waals surface area contributed by atoms with Crippen molar-refractivity contribution < 1.29 is 15.0 Å². The Bertz CT molecular complexity index is 206. The minimum Gasteiger partial charge on any atom is -0.465 e. The fourth-order valence-corrected chi connectivity index (χ4v) is 2.61. The average Bonchev–Trinajstić information content (AvgIpc) is 2.59. The molecule has 4 nitrogen and oxygen atoms in total. The molecule has 2 bridgehead atoms. The molecule has 0 saturated carbocycles. The van der Waals surface area contributed by atoms with Gasteiger partial charge in [0.2, 0.25) is 0 Å². The third-order valence-electron chi connectivity index (χ3n) is 3.12. The van der Waals surface area contributed by atoms with E-state index < -0.39 is 6.09 Å². The molecule has 2 rings (SSSR count).